The standard InChI is InChI=1S/C10H10N3/c11-8-9-4-3-5-10(12-9)13-6-1-2-7-13/h1,3-5H,2,6-7H2. The summed E-state index contributed by atoms with van der Waals surface area (Å²) in [6.45, 7) is 1.96. The molecule has 0 aromatic carbocycles. The first-order valence-corrected chi connectivity index (χ1v) is 4.34. The topological polar surface area (TPSA) is 39.9 Å². The predicted octanol–water partition coefficient (Wildman–Crippen LogP) is 1.37. The number of hydrogen-bond donors (Lipinski definition) is 0. The first kappa shape index (κ1) is 8.06. The molecule has 0 N–H and O–H groups in total. The molecule has 0 unspecified atom stereocenters. The Balaban J connectivity index is 2.25. The van der Waals surface area contributed by atoms with Gasteiger partial charge in [-0.2, -0.15) is 5.26 Å². The quantitative estimate of drug-likeness (QED) is 0.642. The molecule has 13 heavy (non-hydrogen) atoms. The summed E-state index contributed by atoms with van der Waals surface area (Å²) in [4.78, 5) is 6.39. The molecular formula is C10H10N3. The minimum Gasteiger partial charge on any atom is -0.356 e. The van der Waals surface area contributed by atoms with Crippen LogP contribution in [0.3, 0.4) is 0 Å². The molecule has 0 amide bonds. The molecule has 2 rings (SSSR count). The third-order valence-electron chi connectivity index (χ3n) is 2.13. The highest BCUT2D eigenvalue weighted by Gasteiger charge is 2.13. The Morgan fingerprint density at radius 2 is 2.38 bits per heavy atom. The zero-order chi connectivity index (χ0) is 9.10. The molecule has 1 saturated heterocycles. The van der Waals surface area contributed by atoms with Gasteiger partial charge in [0.1, 0.15) is 17.6 Å². The lowest BCUT2D eigenvalue weighted by Gasteiger charge is -2.15. The van der Waals surface area contributed by atoms with E-state index in [0.29, 0.717) is 5.69 Å². The van der Waals surface area contributed by atoms with E-state index in [2.05, 4.69) is 16.3 Å². The highest BCUT2D eigenvalue weighted by Crippen LogP contribution is 2.16. The van der Waals surface area contributed by atoms with Crippen molar-refractivity contribution in [2.45, 2.75) is 6.42 Å². The van der Waals surface area contributed by atoms with E-state index >= 15 is 0 Å². The lowest BCUT2D eigenvalue weighted by Crippen LogP contribution is -2.19. The summed E-state index contributed by atoms with van der Waals surface area (Å²) in [6, 6.07) is 7.59. The van der Waals surface area contributed by atoms with Crippen LogP contribution in [0.25, 0.3) is 0 Å². The van der Waals surface area contributed by atoms with E-state index in [0.717, 1.165) is 25.3 Å². The van der Waals surface area contributed by atoms with Crippen LogP contribution in [0.2, 0.25) is 0 Å². The van der Waals surface area contributed by atoms with Crippen molar-refractivity contribution >= 4 is 5.82 Å². The second kappa shape index (κ2) is 3.44. The average Bonchev–Trinajstić information content (AvgIpc) is 2.71. The molecule has 3 heteroatoms. The number of nitriles is 1. The van der Waals surface area contributed by atoms with Gasteiger partial charge < -0.3 is 4.90 Å². The lowest BCUT2D eigenvalue weighted by atomic mass is 10.3. The molecule has 65 valence electrons. The predicted molar refractivity (Wildman–Crippen MR) is 50.1 cm³/mol. The molecule has 0 spiro atoms. The van der Waals surface area contributed by atoms with Crippen LogP contribution >= 0.6 is 0 Å². The average molecular weight is 172 g/mol. The Kier molecular flexibility index (Phi) is 2.13. The number of aromatic nitrogens is 1. The molecule has 2 heterocycles. The zero-order valence-electron chi connectivity index (χ0n) is 7.27. The van der Waals surface area contributed by atoms with Gasteiger partial charge in [-0.3, -0.25) is 0 Å². The van der Waals surface area contributed by atoms with Crippen LogP contribution in [0.5, 0.6) is 0 Å². The fourth-order valence-corrected chi connectivity index (χ4v) is 1.46. The molecule has 1 aliphatic heterocycles. The number of nitrogens with zero attached hydrogens (tertiary/aromatic N) is 3. The summed E-state index contributed by atoms with van der Waals surface area (Å²) in [7, 11) is 0. The van der Waals surface area contributed by atoms with E-state index in [1.165, 1.54) is 0 Å². The molecule has 1 aliphatic rings. The van der Waals surface area contributed by atoms with Gasteiger partial charge in [0.05, 0.1) is 0 Å². The van der Waals surface area contributed by atoms with Crippen molar-refractivity contribution in [3.63, 3.8) is 0 Å². The van der Waals surface area contributed by atoms with Crippen LogP contribution in [0.1, 0.15) is 12.1 Å². The Bertz CT molecular complexity index is 334. The third-order valence-corrected chi connectivity index (χ3v) is 2.13. The van der Waals surface area contributed by atoms with E-state index in [-0.39, 0.29) is 0 Å². The van der Waals surface area contributed by atoms with Crippen molar-refractivity contribution in [3.05, 3.63) is 30.3 Å². The highest BCUT2D eigenvalue weighted by atomic mass is 15.2. The van der Waals surface area contributed by atoms with Gasteiger partial charge in [-0.05, 0) is 25.0 Å². The molecule has 1 aromatic heterocycles. The highest BCUT2D eigenvalue weighted by molar-refractivity contribution is 5.43. The van der Waals surface area contributed by atoms with Crippen LogP contribution < -0.4 is 4.90 Å². The van der Waals surface area contributed by atoms with Gasteiger partial charge in [0.25, 0.3) is 0 Å². The minimum absolute atomic E-state index is 0.490. The largest absolute Gasteiger partial charge is 0.356 e. The van der Waals surface area contributed by atoms with Gasteiger partial charge in [0.2, 0.25) is 0 Å². The van der Waals surface area contributed by atoms with Crippen molar-refractivity contribution in [2.24, 2.45) is 0 Å². The first-order valence-electron chi connectivity index (χ1n) is 4.34. The summed E-state index contributed by atoms with van der Waals surface area (Å²) >= 11 is 0. The van der Waals surface area contributed by atoms with Gasteiger partial charge in [0.15, 0.2) is 0 Å². The van der Waals surface area contributed by atoms with Gasteiger partial charge in [-0.1, -0.05) is 6.07 Å². The molecule has 1 aromatic rings. The smallest absolute Gasteiger partial charge is 0.142 e. The van der Waals surface area contributed by atoms with E-state index in [4.69, 9.17) is 5.26 Å². The van der Waals surface area contributed by atoms with Crippen LogP contribution in [-0.4, -0.2) is 18.1 Å². The molecule has 0 atom stereocenters. The van der Waals surface area contributed by atoms with Crippen LogP contribution in [0, 0.1) is 17.8 Å². The summed E-state index contributed by atoms with van der Waals surface area (Å²) < 4.78 is 0. The third kappa shape index (κ3) is 1.62. The van der Waals surface area contributed by atoms with Crippen molar-refractivity contribution in [1.82, 2.24) is 4.98 Å². The van der Waals surface area contributed by atoms with Crippen molar-refractivity contribution in [2.75, 3.05) is 18.0 Å². The monoisotopic (exact) mass is 172 g/mol. The van der Waals surface area contributed by atoms with Gasteiger partial charge in [-0.25, -0.2) is 4.98 Å². The van der Waals surface area contributed by atoms with Crippen LogP contribution in [0.4, 0.5) is 5.82 Å². The van der Waals surface area contributed by atoms with Crippen LogP contribution in [0.15, 0.2) is 18.2 Å². The summed E-state index contributed by atoms with van der Waals surface area (Å²) in [5.74, 6) is 0.910. The van der Waals surface area contributed by atoms with E-state index < -0.39 is 0 Å². The van der Waals surface area contributed by atoms with Gasteiger partial charge in [0, 0.05) is 13.1 Å². The van der Waals surface area contributed by atoms with Gasteiger partial charge in [-0.15, -0.1) is 0 Å². The fourth-order valence-electron chi connectivity index (χ4n) is 1.46. The van der Waals surface area contributed by atoms with Crippen molar-refractivity contribution < 1.29 is 0 Å². The van der Waals surface area contributed by atoms with Crippen LogP contribution in [-0.2, 0) is 0 Å². The normalized spacial score (nSPS) is 15.8. The molecule has 1 radical (unpaired) electrons. The number of rotatable bonds is 1. The fraction of sp³-hybridized carbons (Fsp3) is 0.300. The first-order chi connectivity index (χ1) is 6.40. The van der Waals surface area contributed by atoms with E-state index in [1.807, 2.05) is 18.2 Å². The number of hydrogen-bond acceptors (Lipinski definition) is 3. The van der Waals surface area contributed by atoms with E-state index in [1.54, 1.807) is 6.07 Å². The second-order valence-electron chi connectivity index (χ2n) is 3.02. The lowest BCUT2D eigenvalue weighted by molar-refractivity contribution is 0.935. The summed E-state index contributed by atoms with van der Waals surface area (Å²) in [5, 5.41) is 8.67. The Morgan fingerprint density at radius 1 is 1.46 bits per heavy atom. The maximum atomic E-state index is 8.67. The second-order valence-corrected chi connectivity index (χ2v) is 3.02. The summed E-state index contributed by atoms with van der Waals surface area (Å²) in [6.07, 6.45) is 3.33. The molecule has 3 nitrogen and oxygen atoms in total. The Labute approximate surface area is 77.6 Å². The number of pyridine rings is 1. The molecular weight excluding hydrogens is 162 g/mol. The molecule has 0 bridgehead atoms. The zero-order valence-corrected chi connectivity index (χ0v) is 7.27. The molecule has 0 aliphatic carbocycles. The maximum Gasteiger partial charge on any atom is 0.142 e. The molecule has 1 fully saturated rings. The van der Waals surface area contributed by atoms with E-state index in [9.17, 15) is 0 Å². The summed E-state index contributed by atoms with van der Waals surface area (Å²) in [5.41, 5.74) is 0.490. The minimum atomic E-state index is 0.490. The Hall–Kier alpha value is -1.56. The van der Waals surface area contributed by atoms with Crippen molar-refractivity contribution in [3.8, 4) is 6.07 Å². The Morgan fingerprint density at radius 3 is 3.08 bits per heavy atom. The molecule has 0 saturated carbocycles. The van der Waals surface area contributed by atoms with Crippen molar-refractivity contribution in [1.29, 1.82) is 5.26 Å². The SMILES string of the molecule is N#Cc1cccc(N2C[CH]CC2)n1. The van der Waals surface area contributed by atoms with Gasteiger partial charge >= 0.3 is 0 Å². The number of anilines is 1. The maximum absolute atomic E-state index is 8.67.